The molecule has 88 valence electrons. The Bertz CT molecular complexity index is 178. The van der Waals surface area contributed by atoms with Gasteiger partial charge in [0.05, 0.1) is 0 Å². The molecule has 1 N–H and O–H groups in total. The highest BCUT2D eigenvalue weighted by Gasteiger charge is 2.30. The van der Waals surface area contributed by atoms with E-state index < -0.39 is 0 Å². The average molecular weight is 209 g/mol. The van der Waals surface area contributed by atoms with Crippen LogP contribution in [0.15, 0.2) is 0 Å². The van der Waals surface area contributed by atoms with E-state index >= 15 is 0 Å². The third-order valence-corrected chi connectivity index (χ3v) is 4.48. The largest absolute Gasteiger partial charge is 0.311 e. The van der Waals surface area contributed by atoms with Gasteiger partial charge in [-0.2, -0.15) is 0 Å². The summed E-state index contributed by atoms with van der Waals surface area (Å²) in [6.45, 7) is 4.73. The second-order valence-electron chi connectivity index (χ2n) is 5.85. The van der Waals surface area contributed by atoms with Crippen molar-refractivity contribution in [2.45, 2.75) is 77.3 Å². The maximum atomic E-state index is 3.90. The van der Waals surface area contributed by atoms with Crippen LogP contribution in [0.2, 0.25) is 0 Å². The van der Waals surface area contributed by atoms with E-state index in [2.05, 4.69) is 19.2 Å². The van der Waals surface area contributed by atoms with Crippen LogP contribution in [-0.2, 0) is 0 Å². The smallest absolute Gasteiger partial charge is 0.00952 e. The lowest BCUT2D eigenvalue weighted by Crippen LogP contribution is -2.48. The van der Waals surface area contributed by atoms with Crippen molar-refractivity contribution in [1.82, 2.24) is 5.32 Å². The van der Waals surface area contributed by atoms with Crippen LogP contribution in [0.4, 0.5) is 0 Å². The Balaban J connectivity index is 1.75. The van der Waals surface area contributed by atoms with Crippen LogP contribution < -0.4 is 5.32 Å². The van der Waals surface area contributed by atoms with Crippen molar-refractivity contribution in [1.29, 1.82) is 0 Å². The lowest BCUT2D eigenvalue weighted by Gasteiger charge is -2.39. The molecule has 0 aromatic carbocycles. The summed E-state index contributed by atoms with van der Waals surface area (Å²) < 4.78 is 0. The van der Waals surface area contributed by atoms with Gasteiger partial charge in [-0.25, -0.2) is 0 Å². The van der Waals surface area contributed by atoms with E-state index in [4.69, 9.17) is 0 Å². The molecule has 0 saturated heterocycles. The summed E-state index contributed by atoms with van der Waals surface area (Å²) in [4.78, 5) is 0. The molecule has 2 aliphatic carbocycles. The van der Waals surface area contributed by atoms with Gasteiger partial charge in [-0.15, -0.1) is 0 Å². The van der Waals surface area contributed by atoms with Crippen LogP contribution in [0.1, 0.15) is 65.2 Å². The van der Waals surface area contributed by atoms with Gasteiger partial charge in [0.25, 0.3) is 0 Å². The predicted octanol–water partition coefficient (Wildman–Crippen LogP) is 3.73. The zero-order chi connectivity index (χ0) is 10.7. The molecular weight excluding hydrogens is 182 g/mol. The molecule has 1 atom stereocenters. The minimum atomic E-state index is 0.822. The zero-order valence-electron chi connectivity index (χ0n) is 10.5. The minimum absolute atomic E-state index is 0.822. The van der Waals surface area contributed by atoms with Crippen LogP contribution in [0.3, 0.4) is 0 Å². The fourth-order valence-corrected chi connectivity index (χ4v) is 3.47. The fraction of sp³-hybridized carbons (Fsp3) is 1.00. The first kappa shape index (κ1) is 11.4. The second kappa shape index (κ2) is 5.34. The zero-order valence-corrected chi connectivity index (χ0v) is 10.5. The third kappa shape index (κ3) is 2.96. The Kier molecular flexibility index (Phi) is 4.07. The van der Waals surface area contributed by atoms with E-state index in [9.17, 15) is 0 Å². The van der Waals surface area contributed by atoms with E-state index in [1.54, 1.807) is 0 Å². The summed E-state index contributed by atoms with van der Waals surface area (Å²) in [6.07, 6.45) is 11.6. The van der Waals surface area contributed by atoms with E-state index in [1.807, 2.05) is 0 Å². The van der Waals surface area contributed by atoms with Gasteiger partial charge in [0.2, 0.25) is 0 Å². The lowest BCUT2D eigenvalue weighted by molar-refractivity contribution is 0.176. The SMILES string of the molecule is CCC(NC1CC(C)C1)C1CCCCC1. The van der Waals surface area contributed by atoms with Crippen LogP contribution in [0.5, 0.6) is 0 Å². The predicted molar refractivity (Wildman–Crippen MR) is 66.0 cm³/mol. The molecule has 15 heavy (non-hydrogen) atoms. The van der Waals surface area contributed by atoms with Crippen LogP contribution in [0.25, 0.3) is 0 Å². The van der Waals surface area contributed by atoms with Crippen molar-refractivity contribution >= 4 is 0 Å². The second-order valence-corrected chi connectivity index (χ2v) is 5.85. The fourth-order valence-electron chi connectivity index (χ4n) is 3.47. The lowest BCUT2D eigenvalue weighted by atomic mass is 9.78. The summed E-state index contributed by atoms with van der Waals surface area (Å²) >= 11 is 0. The Morgan fingerprint density at radius 2 is 1.80 bits per heavy atom. The Labute approximate surface area is 95.0 Å². The van der Waals surface area contributed by atoms with Crippen LogP contribution in [-0.4, -0.2) is 12.1 Å². The van der Waals surface area contributed by atoms with E-state index in [0.717, 1.165) is 23.9 Å². The molecule has 0 aliphatic heterocycles. The van der Waals surface area contributed by atoms with E-state index in [0.29, 0.717) is 0 Å². The maximum absolute atomic E-state index is 3.90. The first-order valence-electron chi connectivity index (χ1n) is 7.05. The van der Waals surface area contributed by atoms with Crippen molar-refractivity contribution < 1.29 is 0 Å². The van der Waals surface area contributed by atoms with Crippen LogP contribution >= 0.6 is 0 Å². The van der Waals surface area contributed by atoms with Gasteiger partial charge in [-0.3, -0.25) is 0 Å². The van der Waals surface area contributed by atoms with Gasteiger partial charge in [-0.05, 0) is 43.9 Å². The highest BCUT2D eigenvalue weighted by Crippen LogP contribution is 2.31. The molecule has 0 radical (unpaired) electrons. The monoisotopic (exact) mass is 209 g/mol. The molecule has 0 amide bonds. The van der Waals surface area contributed by atoms with E-state index in [-0.39, 0.29) is 0 Å². The first-order valence-corrected chi connectivity index (χ1v) is 7.05. The highest BCUT2D eigenvalue weighted by molar-refractivity contribution is 4.88. The van der Waals surface area contributed by atoms with Gasteiger partial charge in [-0.1, -0.05) is 33.1 Å². The van der Waals surface area contributed by atoms with Gasteiger partial charge >= 0.3 is 0 Å². The molecule has 2 fully saturated rings. The van der Waals surface area contributed by atoms with Gasteiger partial charge in [0, 0.05) is 12.1 Å². The summed E-state index contributed by atoms with van der Waals surface area (Å²) in [5.74, 6) is 1.96. The average Bonchev–Trinajstić information content (AvgIpc) is 2.24. The normalized spacial score (nSPS) is 34.8. The van der Waals surface area contributed by atoms with Crippen molar-refractivity contribution in [3.05, 3.63) is 0 Å². The van der Waals surface area contributed by atoms with Crippen LogP contribution in [0, 0.1) is 11.8 Å². The van der Waals surface area contributed by atoms with Crippen molar-refractivity contribution in [2.75, 3.05) is 0 Å². The molecule has 0 heterocycles. The molecule has 1 heteroatoms. The summed E-state index contributed by atoms with van der Waals surface area (Å²) in [7, 11) is 0. The molecule has 1 unspecified atom stereocenters. The number of hydrogen-bond donors (Lipinski definition) is 1. The van der Waals surface area contributed by atoms with Crippen molar-refractivity contribution in [3.8, 4) is 0 Å². The minimum Gasteiger partial charge on any atom is -0.311 e. The summed E-state index contributed by atoms with van der Waals surface area (Å²) in [6, 6.07) is 1.68. The third-order valence-electron chi connectivity index (χ3n) is 4.48. The maximum Gasteiger partial charge on any atom is 0.00952 e. The molecule has 0 aromatic rings. The number of nitrogens with one attached hydrogen (secondary N) is 1. The number of hydrogen-bond acceptors (Lipinski definition) is 1. The Morgan fingerprint density at radius 1 is 1.13 bits per heavy atom. The quantitative estimate of drug-likeness (QED) is 0.744. The summed E-state index contributed by atoms with van der Waals surface area (Å²) in [5, 5.41) is 3.90. The standard InChI is InChI=1S/C14H27N/c1-3-14(12-7-5-4-6-8-12)15-13-9-11(2)10-13/h11-15H,3-10H2,1-2H3. The Morgan fingerprint density at radius 3 is 2.33 bits per heavy atom. The Hall–Kier alpha value is -0.0400. The van der Waals surface area contributed by atoms with Crippen molar-refractivity contribution in [2.24, 2.45) is 11.8 Å². The molecule has 2 rings (SSSR count). The topological polar surface area (TPSA) is 12.0 Å². The molecule has 2 aliphatic rings. The molecule has 2 saturated carbocycles. The number of rotatable bonds is 4. The first-order chi connectivity index (χ1) is 7.29. The highest BCUT2D eigenvalue weighted by atomic mass is 15.0. The molecule has 0 aromatic heterocycles. The molecule has 0 bridgehead atoms. The molecule has 1 nitrogen and oxygen atoms in total. The molecule has 0 spiro atoms. The molecular formula is C14H27N. The summed E-state index contributed by atoms with van der Waals surface area (Å²) in [5.41, 5.74) is 0. The van der Waals surface area contributed by atoms with Gasteiger partial charge in [0.15, 0.2) is 0 Å². The van der Waals surface area contributed by atoms with Gasteiger partial charge < -0.3 is 5.32 Å². The van der Waals surface area contributed by atoms with E-state index in [1.165, 1.54) is 51.4 Å². The van der Waals surface area contributed by atoms with Crippen molar-refractivity contribution in [3.63, 3.8) is 0 Å². The van der Waals surface area contributed by atoms with Gasteiger partial charge in [0.1, 0.15) is 0 Å².